The Morgan fingerprint density at radius 2 is 2.24 bits per heavy atom. The molecule has 2 atom stereocenters. The van der Waals surface area contributed by atoms with Crippen molar-refractivity contribution in [3.8, 4) is 0 Å². The highest BCUT2D eigenvalue weighted by Gasteiger charge is 2.39. The normalized spacial score (nSPS) is 21.1. The molecule has 0 aromatic heterocycles. The number of rotatable bonds is 4. The minimum atomic E-state index is -0.404. The summed E-state index contributed by atoms with van der Waals surface area (Å²) < 4.78 is 10.9. The van der Waals surface area contributed by atoms with Crippen LogP contribution in [0.1, 0.15) is 33.1 Å². The summed E-state index contributed by atoms with van der Waals surface area (Å²) in [6, 6.07) is 0. The van der Waals surface area contributed by atoms with E-state index in [2.05, 4.69) is 31.9 Å². The molecule has 6 heteroatoms. The van der Waals surface area contributed by atoms with Crippen LogP contribution in [0, 0.1) is 5.92 Å². The van der Waals surface area contributed by atoms with Gasteiger partial charge in [-0.1, -0.05) is 13.3 Å². The summed E-state index contributed by atoms with van der Waals surface area (Å²) in [5.41, 5.74) is 0. The van der Waals surface area contributed by atoms with Crippen LogP contribution in [-0.4, -0.2) is 18.0 Å². The van der Waals surface area contributed by atoms with E-state index in [1.54, 1.807) is 0 Å². The molecule has 4 nitrogen and oxygen atoms in total. The Morgan fingerprint density at radius 3 is 2.65 bits per heavy atom. The van der Waals surface area contributed by atoms with Crippen LogP contribution >= 0.6 is 31.9 Å². The van der Waals surface area contributed by atoms with Crippen molar-refractivity contribution in [1.82, 2.24) is 0 Å². The minimum Gasteiger partial charge on any atom is -0.462 e. The Morgan fingerprint density at radius 1 is 1.59 bits per heavy atom. The smallest absolute Gasteiger partial charge is 0.318 e. The van der Waals surface area contributed by atoms with E-state index in [0.29, 0.717) is 22.0 Å². The van der Waals surface area contributed by atoms with Gasteiger partial charge in [0.05, 0.1) is 3.39 Å². The Hall–Kier alpha value is -0.360. The number of hydrogen-bond acceptors (Lipinski definition) is 4. The maximum atomic E-state index is 11.7. The maximum Gasteiger partial charge on any atom is 0.318 e. The lowest BCUT2D eigenvalue weighted by molar-refractivity contribution is -0.154. The van der Waals surface area contributed by atoms with Gasteiger partial charge in [-0.2, -0.15) is 0 Å². The summed E-state index contributed by atoms with van der Waals surface area (Å²) in [6.45, 7) is 3.33. The van der Waals surface area contributed by atoms with Gasteiger partial charge in [0.15, 0.2) is 0 Å². The summed E-state index contributed by atoms with van der Waals surface area (Å²) in [5.74, 6) is -0.560. The van der Waals surface area contributed by atoms with Crippen molar-refractivity contribution >= 4 is 43.8 Å². The van der Waals surface area contributed by atoms with Gasteiger partial charge in [-0.05, 0) is 38.3 Å². The third kappa shape index (κ3) is 4.10. The molecular weight excluding hydrogens is 356 g/mol. The average Bonchev–Trinajstić information content (AvgIpc) is 2.59. The molecule has 0 N–H and O–H groups in total. The molecular formula is C11H14Br2O4. The van der Waals surface area contributed by atoms with Crippen molar-refractivity contribution < 1.29 is 19.1 Å². The SMILES string of the molecule is CCCC(OC(C)=O)[C@H]1CC(=C(Br)Br)OC1=O. The second kappa shape index (κ2) is 6.54. The molecule has 1 unspecified atom stereocenters. The molecule has 1 heterocycles. The molecule has 1 rings (SSSR count). The zero-order valence-electron chi connectivity index (χ0n) is 9.66. The van der Waals surface area contributed by atoms with Crippen molar-refractivity contribution in [1.29, 1.82) is 0 Å². The summed E-state index contributed by atoms with van der Waals surface area (Å²) in [7, 11) is 0. The average molecular weight is 370 g/mol. The molecule has 0 aromatic carbocycles. The first-order valence-electron chi connectivity index (χ1n) is 5.38. The maximum absolute atomic E-state index is 11.7. The number of carbonyl (C=O) groups is 2. The molecule has 1 saturated heterocycles. The first-order chi connectivity index (χ1) is 7.95. The van der Waals surface area contributed by atoms with Crippen LogP contribution in [-0.2, 0) is 19.1 Å². The van der Waals surface area contributed by atoms with E-state index in [1.807, 2.05) is 6.92 Å². The van der Waals surface area contributed by atoms with E-state index in [9.17, 15) is 9.59 Å². The van der Waals surface area contributed by atoms with Crippen molar-refractivity contribution in [3.63, 3.8) is 0 Å². The molecule has 17 heavy (non-hydrogen) atoms. The molecule has 1 aliphatic heterocycles. The summed E-state index contributed by atoms with van der Waals surface area (Å²) in [6.07, 6.45) is 1.55. The Kier molecular flexibility index (Phi) is 5.66. The Balaban J connectivity index is 2.78. The molecule has 1 aliphatic rings. The molecule has 0 aromatic rings. The third-order valence-electron chi connectivity index (χ3n) is 2.48. The fourth-order valence-electron chi connectivity index (χ4n) is 1.76. The number of allylic oxidation sites excluding steroid dienone is 1. The van der Waals surface area contributed by atoms with Crippen LogP contribution in [0.3, 0.4) is 0 Å². The van der Waals surface area contributed by atoms with E-state index in [1.165, 1.54) is 6.92 Å². The number of esters is 2. The van der Waals surface area contributed by atoms with E-state index in [4.69, 9.17) is 9.47 Å². The molecule has 1 fully saturated rings. The topological polar surface area (TPSA) is 52.6 Å². The van der Waals surface area contributed by atoms with Crippen LogP contribution in [0.4, 0.5) is 0 Å². The van der Waals surface area contributed by atoms with Gasteiger partial charge in [-0.15, -0.1) is 0 Å². The quantitative estimate of drug-likeness (QED) is 0.714. The Labute approximate surface area is 117 Å². The van der Waals surface area contributed by atoms with E-state index in [-0.39, 0.29) is 11.9 Å². The number of hydrogen-bond donors (Lipinski definition) is 0. The number of cyclic esters (lactones) is 1. The van der Waals surface area contributed by atoms with Crippen molar-refractivity contribution in [2.24, 2.45) is 5.92 Å². The molecule has 0 saturated carbocycles. The summed E-state index contributed by atoms with van der Waals surface area (Å²) in [4.78, 5) is 22.7. The number of ether oxygens (including phenoxy) is 2. The second-order valence-electron chi connectivity index (χ2n) is 3.85. The van der Waals surface area contributed by atoms with Gasteiger partial charge in [-0.3, -0.25) is 9.59 Å². The highest BCUT2D eigenvalue weighted by atomic mass is 79.9. The first kappa shape index (κ1) is 14.7. The zero-order chi connectivity index (χ0) is 13.0. The molecule has 0 radical (unpaired) electrons. The lowest BCUT2D eigenvalue weighted by atomic mass is 9.96. The second-order valence-corrected chi connectivity index (χ2v) is 6.50. The van der Waals surface area contributed by atoms with Gasteiger partial charge in [0.25, 0.3) is 0 Å². The van der Waals surface area contributed by atoms with Crippen molar-refractivity contribution in [2.45, 2.75) is 39.2 Å². The van der Waals surface area contributed by atoms with Gasteiger partial charge < -0.3 is 9.47 Å². The van der Waals surface area contributed by atoms with Crippen molar-refractivity contribution in [2.75, 3.05) is 0 Å². The monoisotopic (exact) mass is 368 g/mol. The van der Waals surface area contributed by atoms with Crippen LogP contribution in [0.5, 0.6) is 0 Å². The van der Waals surface area contributed by atoms with Crippen LogP contribution < -0.4 is 0 Å². The molecule has 0 aliphatic carbocycles. The predicted octanol–water partition coefficient (Wildman–Crippen LogP) is 3.24. The van der Waals surface area contributed by atoms with Crippen LogP contribution in [0.15, 0.2) is 9.15 Å². The van der Waals surface area contributed by atoms with Gasteiger partial charge in [-0.25, -0.2) is 0 Å². The fourth-order valence-corrected chi connectivity index (χ4v) is 2.25. The molecule has 96 valence electrons. The van der Waals surface area contributed by atoms with Gasteiger partial charge >= 0.3 is 11.9 Å². The summed E-state index contributed by atoms with van der Waals surface area (Å²) in [5, 5.41) is 0. The van der Waals surface area contributed by atoms with E-state index in [0.717, 1.165) is 6.42 Å². The largest absolute Gasteiger partial charge is 0.462 e. The van der Waals surface area contributed by atoms with Crippen LogP contribution in [0.2, 0.25) is 0 Å². The molecule has 0 amide bonds. The zero-order valence-corrected chi connectivity index (χ0v) is 12.8. The molecule has 0 spiro atoms. The van der Waals surface area contributed by atoms with E-state index < -0.39 is 12.0 Å². The lowest BCUT2D eigenvalue weighted by Gasteiger charge is -2.19. The third-order valence-corrected chi connectivity index (χ3v) is 3.37. The lowest BCUT2D eigenvalue weighted by Crippen LogP contribution is -2.29. The van der Waals surface area contributed by atoms with Crippen LogP contribution in [0.25, 0.3) is 0 Å². The van der Waals surface area contributed by atoms with Gasteiger partial charge in [0.2, 0.25) is 0 Å². The predicted molar refractivity (Wildman–Crippen MR) is 69.5 cm³/mol. The van der Waals surface area contributed by atoms with Gasteiger partial charge in [0, 0.05) is 13.3 Å². The highest BCUT2D eigenvalue weighted by molar-refractivity contribution is 9.28. The highest BCUT2D eigenvalue weighted by Crippen LogP contribution is 2.35. The first-order valence-corrected chi connectivity index (χ1v) is 6.97. The Bertz CT molecular complexity index is 347. The van der Waals surface area contributed by atoms with E-state index >= 15 is 0 Å². The molecule has 0 bridgehead atoms. The standard InChI is InChI=1S/C11H14Br2O4/c1-3-4-8(16-6(2)14)7-5-9(10(12)13)17-11(7)15/h7-8H,3-5H2,1-2H3/t7-,8?/m1/s1. The van der Waals surface area contributed by atoms with Crippen molar-refractivity contribution in [3.05, 3.63) is 9.15 Å². The number of carbonyl (C=O) groups excluding carboxylic acids is 2. The summed E-state index contributed by atoms with van der Waals surface area (Å²) >= 11 is 6.41. The van der Waals surface area contributed by atoms with Gasteiger partial charge in [0.1, 0.15) is 17.8 Å². The fraction of sp³-hybridized carbons (Fsp3) is 0.636. The number of halogens is 2. The minimum absolute atomic E-state index is 0.337.